The van der Waals surface area contributed by atoms with Gasteiger partial charge in [-0.3, -0.25) is 9.69 Å². The van der Waals surface area contributed by atoms with Crippen molar-refractivity contribution in [1.82, 2.24) is 4.98 Å². The summed E-state index contributed by atoms with van der Waals surface area (Å²) >= 11 is 7.83. The van der Waals surface area contributed by atoms with Crippen LogP contribution in [0.15, 0.2) is 54.0 Å². The molecular formula is C21H21ClN2O2S. The van der Waals surface area contributed by atoms with Gasteiger partial charge in [0, 0.05) is 16.1 Å². The Hall–Kier alpha value is -2.37. The SMILES string of the molecule is Cc1cc(OC(C)C(=O)N(Cc2cccs2)c2ccccn2)cc(C)c1Cl. The number of halogens is 1. The third-order valence-corrected chi connectivity index (χ3v) is 5.61. The van der Waals surface area contributed by atoms with Gasteiger partial charge in [-0.05, 0) is 67.6 Å². The molecule has 0 aliphatic heterocycles. The Morgan fingerprint density at radius 2 is 1.96 bits per heavy atom. The number of hydrogen-bond donors (Lipinski definition) is 0. The molecule has 1 atom stereocenters. The topological polar surface area (TPSA) is 42.4 Å². The molecule has 0 saturated carbocycles. The van der Waals surface area contributed by atoms with E-state index in [2.05, 4.69) is 4.98 Å². The maximum absolute atomic E-state index is 13.2. The summed E-state index contributed by atoms with van der Waals surface area (Å²) in [5, 5.41) is 2.71. The van der Waals surface area contributed by atoms with Gasteiger partial charge in [0.2, 0.25) is 0 Å². The zero-order valence-corrected chi connectivity index (χ0v) is 17.1. The molecule has 3 aromatic rings. The molecule has 1 amide bonds. The minimum absolute atomic E-state index is 0.146. The zero-order chi connectivity index (χ0) is 19.4. The van der Waals surface area contributed by atoms with E-state index in [-0.39, 0.29) is 5.91 Å². The highest BCUT2D eigenvalue weighted by Gasteiger charge is 2.25. The van der Waals surface area contributed by atoms with Crippen LogP contribution in [-0.2, 0) is 11.3 Å². The number of aromatic nitrogens is 1. The summed E-state index contributed by atoms with van der Waals surface area (Å²) in [4.78, 5) is 20.2. The van der Waals surface area contributed by atoms with Crippen LogP contribution >= 0.6 is 22.9 Å². The molecule has 2 heterocycles. The number of pyridine rings is 1. The fraction of sp³-hybridized carbons (Fsp3) is 0.238. The summed E-state index contributed by atoms with van der Waals surface area (Å²) in [5.41, 5.74) is 1.85. The third kappa shape index (κ3) is 4.67. The minimum atomic E-state index is -0.660. The number of carbonyl (C=O) groups excluding carboxylic acids is 1. The first-order valence-electron chi connectivity index (χ1n) is 8.64. The zero-order valence-electron chi connectivity index (χ0n) is 15.5. The first-order valence-corrected chi connectivity index (χ1v) is 9.89. The normalized spacial score (nSPS) is 11.9. The van der Waals surface area contributed by atoms with Crippen LogP contribution in [0.3, 0.4) is 0 Å². The van der Waals surface area contributed by atoms with Gasteiger partial charge in [-0.2, -0.15) is 0 Å². The summed E-state index contributed by atoms with van der Waals surface area (Å²) in [6, 6.07) is 13.2. The van der Waals surface area contributed by atoms with Crippen LogP contribution in [0.25, 0.3) is 0 Å². The molecule has 0 aliphatic carbocycles. The highest BCUT2D eigenvalue weighted by atomic mass is 35.5. The summed E-state index contributed by atoms with van der Waals surface area (Å²) in [6.07, 6.45) is 1.02. The van der Waals surface area contributed by atoms with Crippen LogP contribution in [-0.4, -0.2) is 17.0 Å². The van der Waals surface area contributed by atoms with Gasteiger partial charge >= 0.3 is 0 Å². The van der Waals surface area contributed by atoms with Crippen molar-refractivity contribution in [2.24, 2.45) is 0 Å². The fourth-order valence-corrected chi connectivity index (χ4v) is 3.59. The number of benzene rings is 1. The van der Waals surface area contributed by atoms with Gasteiger partial charge < -0.3 is 4.74 Å². The van der Waals surface area contributed by atoms with Crippen molar-refractivity contribution in [2.75, 3.05) is 4.90 Å². The molecule has 0 spiro atoms. The average molecular weight is 401 g/mol. The molecule has 4 nitrogen and oxygen atoms in total. The highest BCUT2D eigenvalue weighted by molar-refractivity contribution is 7.09. The highest BCUT2D eigenvalue weighted by Crippen LogP contribution is 2.27. The molecule has 0 aliphatic rings. The van der Waals surface area contributed by atoms with E-state index in [1.807, 2.05) is 61.7 Å². The van der Waals surface area contributed by atoms with Crippen molar-refractivity contribution in [3.8, 4) is 5.75 Å². The van der Waals surface area contributed by atoms with Crippen molar-refractivity contribution in [1.29, 1.82) is 0 Å². The number of rotatable bonds is 6. The van der Waals surface area contributed by atoms with E-state index in [0.29, 0.717) is 23.1 Å². The van der Waals surface area contributed by atoms with E-state index in [1.54, 1.807) is 29.4 Å². The van der Waals surface area contributed by atoms with E-state index in [9.17, 15) is 4.79 Å². The second kappa shape index (κ2) is 8.55. The number of hydrogen-bond acceptors (Lipinski definition) is 4. The van der Waals surface area contributed by atoms with Crippen LogP contribution in [0.4, 0.5) is 5.82 Å². The lowest BCUT2D eigenvalue weighted by Crippen LogP contribution is -2.40. The van der Waals surface area contributed by atoms with Crippen LogP contribution < -0.4 is 9.64 Å². The van der Waals surface area contributed by atoms with Crippen molar-refractivity contribution in [3.63, 3.8) is 0 Å². The Kier molecular flexibility index (Phi) is 6.14. The Labute approximate surface area is 168 Å². The molecule has 0 bridgehead atoms. The molecule has 3 rings (SSSR count). The van der Waals surface area contributed by atoms with E-state index in [0.717, 1.165) is 16.0 Å². The van der Waals surface area contributed by atoms with Crippen LogP contribution in [0, 0.1) is 13.8 Å². The minimum Gasteiger partial charge on any atom is -0.481 e. The van der Waals surface area contributed by atoms with E-state index in [1.165, 1.54) is 0 Å². The number of ether oxygens (including phenoxy) is 1. The van der Waals surface area contributed by atoms with Crippen molar-refractivity contribution in [2.45, 2.75) is 33.4 Å². The number of anilines is 1. The Bertz CT molecular complexity index is 890. The fourth-order valence-electron chi connectivity index (χ4n) is 2.79. The molecule has 0 saturated heterocycles. The van der Waals surface area contributed by atoms with Gasteiger partial charge in [0.05, 0.1) is 6.54 Å². The Morgan fingerprint density at radius 3 is 2.56 bits per heavy atom. The summed E-state index contributed by atoms with van der Waals surface area (Å²) in [5.74, 6) is 1.09. The molecule has 0 N–H and O–H groups in total. The third-order valence-electron chi connectivity index (χ3n) is 4.16. The lowest BCUT2D eigenvalue weighted by atomic mass is 10.1. The molecule has 6 heteroatoms. The Balaban J connectivity index is 1.82. The van der Waals surface area contributed by atoms with E-state index in [4.69, 9.17) is 16.3 Å². The quantitative estimate of drug-likeness (QED) is 0.555. The van der Waals surface area contributed by atoms with Gasteiger partial charge in [-0.15, -0.1) is 11.3 Å². The Morgan fingerprint density at radius 1 is 1.22 bits per heavy atom. The van der Waals surface area contributed by atoms with Crippen molar-refractivity contribution < 1.29 is 9.53 Å². The van der Waals surface area contributed by atoms with Crippen LogP contribution in [0.1, 0.15) is 22.9 Å². The lowest BCUT2D eigenvalue weighted by Gasteiger charge is -2.25. The van der Waals surface area contributed by atoms with Crippen LogP contribution in [0.2, 0.25) is 5.02 Å². The largest absolute Gasteiger partial charge is 0.481 e. The van der Waals surface area contributed by atoms with Crippen LogP contribution in [0.5, 0.6) is 5.75 Å². The maximum atomic E-state index is 13.2. The lowest BCUT2D eigenvalue weighted by molar-refractivity contribution is -0.124. The summed E-state index contributed by atoms with van der Waals surface area (Å²) in [6.45, 7) is 6.06. The van der Waals surface area contributed by atoms with Crippen molar-refractivity contribution in [3.05, 3.63) is 75.1 Å². The van der Waals surface area contributed by atoms with Gasteiger partial charge in [0.25, 0.3) is 5.91 Å². The van der Waals surface area contributed by atoms with Gasteiger partial charge in [-0.1, -0.05) is 23.7 Å². The molecule has 2 aromatic heterocycles. The molecule has 0 radical (unpaired) electrons. The standard InChI is InChI=1S/C21H21ClN2O2S/c1-14-11-17(12-15(2)20(14)22)26-16(3)21(25)24(13-18-7-6-10-27-18)19-8-4-5-9-23-19/h4-12,16H,13H2,1-3H3. The predicted molar refractivity (Wildman–Crippen MR) is 111 cm³/mol. The number of aryl methyl sites for hydroxylation is 2. The smallest absolute Gasteiger partial charge is 0.269 e. The number of amides is 1. The number of nitrogens with zero attached hydrogens (tertiary/aromatic N) is 2. The van der Waals surface area contributed by atoms with Crippen molar-refractivity contribution >= 4 is 34.7 Å². The summed E-state index contributed by atoms with van der Waals surface area (Å²) < 4.78 is 5.94. The molecular weight excluding hydrogens is 380 g/mol. The van der Waals surface area contributed by atoms with Gasteiger partial charge in [0.1, 0.15) is 11.6 Å². The number of carbonyl (C=O) groups is 1. The molecule has 1 unspecified atom stereocenters. The van der Waals surface area contributed by atoms with E-state index < -0.39 is 6.10 Å². The predicted octanol–water partition coefficient (Wildman–Crippen LogP) is 5.41. The average Bonchev–Trinajstić information content (AvgIpc) is 3.17. The molecule has 140 valence electrons. The van der Waals surface area contributed by atoms with Gasteiger partial charge in [0.15, 0.2) is 6.10 Å². The monoisotopic (exact) mass is 400 g/mol. The second-order valence-electron chi connectivity index (χ2n) is 6.32. The summed E-state index contributed by atoms with van der Waals surface area (Å²) in [7, 11) is 0. The molecule has 27 heavy (non-hydrogen) atoms. The second-order valence-corrected chi connectivity index (χ2v) is 7.73. The first-order chi connectivity index (χ1) is 13.0. The molecule has 0 fully saturated rings. The number of thiophene rings is 1. The first kappa shape index (κ1) is 19.4. The molecule has 1 aromatic carbocycles. The van der Waals surface area contributed by atoms with E-state index >= 15 is 0 Å². The maximum Gasteiger partial charge on any atom is 0.269 e. The van der Waals surface area contributed by atoms with Gasteiger partial charge in [-0.25, -0.2) is 4.98 Å².